The quantitative estimate of drug-likeness (QED) is 0.759. The number of rotatable bonds is 7. The maximum atomic E-state index is 13.0. The predicted octanol–water partition coefficient (Wildman–Crippen LogP) is 2.42. The van der Waals surface area contributed by atoms with Crippen LogP contribution in [0.3, 0.4) is 0 Å². The molecule has 1 aliphatic rings. The lowest BCUT2D eigenvalue weighted by Gasteiger charge is -2.27. The van der Waals surface area contributed by atoms with E-state index < -0.39 is 15.6 Å². The van der Waals surface area contributed by atoms with Gasteiger partial charge in [-0.1, -0.05) is 26.3 Å². The van der Waals surface area contributed by atoms with Gasteiger partial charge in [0.1, 0.15) is 0 Å². The molecule has 0 unspecified atom stereocenters. The van der Waals surface area contributed by atoms with Crippen LogP contribution in [0.4, 0.5) is 0 Å². The van der Waals surface area contributed by atoms with E-state index in [1.165, 1.54) is 10.4 Å². The number of hydrogen-bond donors (Lipinski definition) is 2. The molecule has 0 atom stereocenters. The highest BCUT2D eigenvalue weighted by Crippen LogP contribution is 2.24. The van der Waals surface area contributed by atoms with E-state index in [0.29, 0.717) is 30.8 Å². The number of nitrogens with zero attached hydrogens (tertiary/aromatic N) is 1. The van der Waals surface area contributed by atoms with Crippen molar-refractivity contribution in [1.29, 1.82) is 0 Å². The van der Waals surface area contributed by atoms with E-state index in [-0.39, 0.29) is 10.8 Å². The van der Waals surface area contributed by atoms with Crippen LogP contribution in [0.2, 0.25) is 0 Å². The normalized spacial score (nSPS) is 16.5. The van der Waals surface area contributed by atoms with Crippen LogP contribution >= 0.6 is 0 Å². The molecule has 1 fully saturated rings. The van der Waals surface area contributed by atoms with Crippen LogP contribution < -0.4 is 11.1 Å². The Morgan fingerprint density at radius 2 is 1.81 bits per heavy atom. The van der Waals surface area contributed by atoms with E-state index in [1.54, 1.807) is 19.1 Å². The van der Waals surface area contributed by atoms with Crippen LogP contribution in [0.5, 0.6) is 0 Å². The number of carbonyl (C=O) groups is 1. The van der Waals surface area contributed by atoms with E-state index in [4.69, 9.17) is 5.73 Å². The maximum Gasteiger partial charge on any atom is 0.251 e. The molecule has 0 radical (unpaired) electrons. The van der Waals surface area contributed by atoms with Gasteiger partial charge in [-0.2, -0.15) is 4.31 Å². The second-order valence-electron chi connectivity index (χ2n) is 7.20. The van der Waals surface area contributed by atoms with Gasteiger partial charge >= 0.3 is 0 Å². The molecule has 2 rings (SSSR count). The highest BCUT2D eigenvalue weighted by Gasteiger charge is 2.28. The molecule has 1 aromatic carbocycles. The predicted molar refractivity (Wildman–Crippen MR) is 104 cm³/mol. The first-order valence-electron chi connectivity index (χ1n) is 9.41. The zero-order valence-electron chi connectivity index (χ0n) is 16.0. The summed E-state index contributed by atoms with van der Waals surface area (Å²) in [5.74, 6) is -0.295. The molecule has 7 heteroatoms. The van der Waals surface area contributed by atoms with Crippen molar-refractivity contribution in [3.63, 3.8) is 0 Å². The highest BCUT2D eigenvalue weighted by molar-refractivity contribution is 7.89. The molecule has 1 aromatic rings. The zero-order chi connectivity index (χ0) is 19.4. The monoisotopic (exact) mass is 381 g/mol. The van der Waals surface area contributed by atoms with E-state index in [1.807, 2.05) is 13.8 Å². The molecular formula is C19H31N3O3S. The van der Waals surface area contributed by atoms with Gasteiger partial charge in [-0.25, -0.2) is 8.42 Å². The molecule has 1 amide bonds. The fourth-order valence-corrected chi connectivity index (χ4v) is 4.89. The third-order valence-corrected chi connectivity index (χ3v) is 7.43. The lowest BCUT2D eigenvalue weighted by Crippen LogP contribution is -2.49. The minimum absolute atomic E-state index is 0.219. The Morgan fingerprint density at radius 3 is 2.38 bits per heavy atom. The average molecular weight is 382 g/mol. The largest absolute Gasteiger partial charge is 0.350 e. The second-order valence-corrected chi connectivity index (χ2v) is 9.10. The molecule has 0 bridgehead atoms. The summed E-state index contributed by atoms with van der Waals surface area (Å²) in [5.41, 5.74) is 6.79. The van der Waals surface area contributed by atoms with Gasteiger partial charge < -0.3 is 11.1 Å². The molecule has 1 aliphatic heterocycles. The Morgan fingerprint density at radius 1 is 1.19 bits per heavy atom. The van der Waals surface area contributed by atoms with E-state index in [9.17, 15) is 13.2 Å². The van der Waals surface area contributed by atoms with Crippen molar-refractivity contribution < 1.29 is 13.2 Å². The molecule has 146 valence electrons. The van der Waals surface area contributed by atoms with Crippen LogP contribution in [0.1, 0.15) is 61.9 Å². The van der Waals surface area contributed by atoms with Crippen LogP contribution in [-0.4, -0.2) is 43.8 Å². The van der Waals surface area contributed by atoms with Gasteiger partial charge in [0.15, 0.2) is 0 Å². The highest BCUT2D eigenvalue weighted by atomic mass is 32.2. The number of hydrogen-bond acceptors (Lipinski definition) is 4. The van der Waals surface area contributed by atoms with Crippen molar-refractivity contribution in [1.82, 2.24) is 9.62 Å². The van der Waals surface area contributed by atoms with Gasteiger partial charge in [-0.3, -0.25) is 4.79 Å². The Labute approximate surface area is 157 Å². The first kappa shape index (κ1) is 20.9. The van der Waals surface area contributed by atoms with Crippen LogP contribution in [0.15, 0.2) is 23.1 Å². The lowest BCUT2D eigenvalue weighted by molar-refractivity contribution is 0.0942. The summed E-state index contributed by atoms with van der Waals surface area (Å²) in [6, 6.07) is 4.85. The van der Waals surface area contributed by atoms with Crippen molar-refractivity contribution in [2.75, 3.05) is 19.6 Å². The Balaban J connectivity index is 2.22. The summed E-state index contributed by atoms with van der Waals surface area (Å²) in [6.07, 6.45) is 4.33. The summed E-state index contributed by atoms with van der Waals surface area (Å²) in [7, 11) is -3.57. The summed E-state index contributed by atoms with van der Waals surface area (Å²) in [6.45, 7) is 7.19. The molecule has 6 nitrogen and oxygen atoms in total. The van der Waals surface area contributed by atoms with Gasteiger partial charge in [-0.15, -0.1) is 0 Å². The Hall–Kier alpha value is -1.44. The fourth-order valence-electron chi connectivity index (χ4n) is 3.12. The van der Waals surface area contributed by atoms with Crippen LogP contribution in [-0.2, 0) is 10.0 Å². The number of nitrogens with two attached hydrogens (primary N) is 1. The lowest BCUT2D eigenvalue weighted by atomic mass is 9.94. The third kappa shape index (κ3) is 4.64. The van der Waals surface area contributed by atoms with Gasteiger partial charge in [-0.05, 0) is 50.3 Å². The summed E-state index contributed by atoms with van der Waals surface area (Å²) >= 11 is 0. The van der Waals surface area contributed by atoms with Crippen LogP contribution in [0.25, 0.3) is 0 Å². The number of amides is 1. The number of sulfonamides is 1. The van der Waals surface area contributed by atoms with Gasteiger partial charge in [0.05, 0.1) is 4.90 Å². The first-order valence-corrected chi connectivity index (χ1v) is 10.9. The van der Waals surface area contributed by atoms with Gasteiger partial charge in [0.25, 0.3) is 5.91 Å². The topological polar surface area (TPSA) is 92.5 Å². The Kier molecular flexibility index (Phi) is 6.82. The molecule has 1 heterocycles. The number of piperidine rings is 1. The molecule has 26 heavy (non-hydrogen) atoms. The van der Waals surface area contributed by atoms with Crippen molar-refractivity contribution in [2.24, 2.45) is 5.73 Å². The summed E-state index contributed by atoms with van der Waals surface area (Å²) < 4.78 is 27.5. The molecule has 0 saturated carbocycles. The Bertz CT molecular complexity index is 736. The number of benzene rings is 1. The van der Waals surface area contributed by atoms with Crippen molar-refractivity contribution in [3.05, 3.63) is 29.3 Å². The smallest absolute Gasteiger partial charge is 0.251 e. The first-order chi connectivity index (χ1) is 12.2. The summed E-state index contributed by atoms with van der Waals surface area (Å²) in [5, 5.41) is 2.85. The average Bonchev–Trinajstić information content (AvgIpc) is 2.66. The fraction of sp³-hybridized carbons (Fsp3) is 0.632. The van der Waals surface area contributed by atoms with E-state index >= 15 is 0 Å². The van der Waals surface area contributed by atoms with Crippen molar-refractivity contribution in [2.45, 2.75) is 63.3 Å². The van der Waals surface area contributed by atoms with Gasteiger partial charge in [0, 0.05) is 30.7 Å². The molecular weight excluding hydrogens is 350 g/mol. The number of nitrogens with one attached hydrogen (secondary N) is 1. The molecule has 1 saturated heterocycles. The second kappa shape index (κ2) is 8.50. The van der Waals surface area contributed by atoms with Gasteiger partial charge in [0.2, 0.25) is 10.0 Å². The van der Waals surface area contributed by atoms with Crippen molar-refractivity contribution >= 4 is 15.9 Å². The third-order valence-electron chi connectivity index (χ3n) is 5.39. The molecule has 3 N–H and O–H groups in total. The molecule has 0 spiro atoms. The minimum Gasteiger partial charge on any atom is -0.350 e. The zero-order valence-corrected chi connectivity index (χ0v) is 16.9. The van der Waals surface area contributed by atoms with Crippen molar-refractivity contribution in [3.8, 4) is 0 Å². The number of carbonyl (C=O) groups excluding carboxylic acids is 1. The standard InChI is InChI=1S/C19H31N3O3S/c1-4-19(20,5-2)14-21-18(23)16-10-9-15(3)17(13-16)26(24,25)22-11-7-6-8-12-22/h9-10,13H,4-8,11-12,14,20H2,1-3H3,(H,21,23). The number of aryl methyl sites for hydroxylation is 1. The molecule has 0 aromatic heterocycles. The summed E-state index contributed by atoms with van der Waals surface area (Å²) in [4.78, 5) is 12.7. The van der Waals surface area contributed by atoms with E-state index in [2.05, 4.69) is 5.32 Å². The minimum atomic E-state index is -3.57. The SMILES string of the molecule is CCC(N)(CC)CNC(=O)c1ccc(C)c(S(=O)(=O)N2CCCCC2)c1. The maximum absolute atomic E-state index is 13.0. The van der Waals surface area contributed by atoms with Crippen LogP contribution in [0, 0.1) is 6.92 Å². The molecule has 0 aliphatic carbocycles. The van der Waals surface area contributed by atoms with E-state index in [0.717, 1.165) is 32.1 Å².